The number of ether oxygens (including phenoxy) is 1. The van der Waals surface area contributed by atoms with Gasteiger partial charge in [0, 0.05) is 6.42 Å². The van der Waals surface area contributed by atoms with Gasteiger partial charge in [0.2, 0.25) is 5.91 Å². The highest BCUT2D eigenvalue weighted by molar-refractivity contribution is 5.76. The van der Waals surface area contributed by atoms with E-state index in [1.54, 1.807) is 0 Å². The third kappa shape index (κ3) is 4.33. The summed E-state index contributed by atoms with van der Waals surface area (Å²) in [5.41, 5.74) is 1.16. The Morgan fingerprint density at radius 3 is 2.74 bits per heavy atom. The van der Waals surface area contributed by atoms with Gasteiger partial charge < -0.3 is 15.0 Å². The van der Waals surface area contributed by atoms with Crippen molar-refractivity contribution in [3.8, 4) is 0 Å². The SMILES string of the molecule is CC1COC(c2ccccc2)CN1C(=O)CCC1CCNCC1. The van der Waals surface area contributed by atoms with Crippen molar-refractivity contribution in [3.63, 3.8) is 0 Å². The van der Waals surface area contributed by atoms with Crippen LogP contribution in [0.5, 0.6) is 0 Å². The van der Waals surface area contributed by atoms with E-state index in [0.29, 0.717) is 31.4 Å². The van der Waals surface area contributed by atoms with Gasteiger partial charge in [-0.25, -0.2) is 0 Å². The van der Waals surface area contributed by atoms with Crippen LogP contribution in [-0.4, -0.2) is 43.1 Å². The number of morpholine rings is 1. The minimum absolute atomic E-state index is 0.00947. The fourth-order valence-corrected chi connectivity index (χ4v) is 3.62. The first kappa shape index (κ1) is 16.5. The number of nitrogens with zero attached hydrogens (tertiary/aromatic N) is 1. The number of carbonyl (C=O) groups is 1. The van der Waals surface area contributed by atoms with Gasteiger partial charge in [-0.1, -0.05) is 30.3 Å². The van der Waals surface area contributed by atoms with Crippen molar-refractivity contribution in [2.75, 3.05) is 26.2 Å². The third-order valence-electron chi connectivity index (χ3n) is 5.15. The summed E-state index contributed by atoms with van der Waals surface area (Å²) in [4.78, 5) is 14.7. The van der Waals surface area contributed by atoms with Crippen molar-refractivity contribution in [2.45, 2.75) is 44.8 Å². The number of nitrogens with one attached hydrogen (secondary N) is 1. The molecule has 0 saturated carbocycles. The highest BCUT2D eigenvalue weighted by atomic mass is 16.5. The Kier molecular flexibility index (Phi) is 5.68. The van der Waals surface area contributed by atoms with E-state index in [1.807, 2.05) is 23.1 Å². The maximum atomic E-state index is 12.7. The smallest absolute Gasteiger partial charge is 0.222 e. The van der Waals surface area contributed by atoms with Crippen LogP contribution in [0.1, 0.15) is 44.3 Å². The number of hydrogen-bond donors (Lipinski definition) is 1. The molecule has 4 heteroatoms. The Hall–Kier alpha value is -1.39. The molecule has 2 heterocycles. The lowest BCUT2D eigenvalue weighted by Crippen LogP contribution is -2.48. The van der Waals surface area contributed by atoms with Gasteiger partial charge in [-0.05, 0) is 50.8 Å². The van der Waals surface area contributed by atoms with Crippen LogP contribution in [-0.2, 0) is 9.53 Å². The van der Waals surface area contributed by atoms with Crippen LogP contribution in [0, 0.1) is 5.92 Å². The van der Waals surface area contributed by atoms with Crippen molar-refractivity contribution in [1.82, 2.24) is 10.2 Å². The molecule has 0 radical (unpaired) electrons. The normalized spacial score (nSPS) is 26.2. The van der Waals surface area contributed by atoms with Crippen LogP contribution >= 0.6 is 0 Å². The fraction of sp³-hybridized carbons (Fsp3) is 0.632. The third-order valence-corrected chi connectivity index (χ3v) is 5.15. The summed E-state index contributed by atoms with van der Waals surface area (Å²) in [5, 5.41) is 3.38. The van der Waals surface area contributed by atoms with Gasteiger partial charge in [-0.3, -0.25) is 4.79 Å². The molecule has 3 rings (SSSR count). The Morgan fingerprint density at radius 1 is 1.26 bits per heavy atom. The summed E-state index contributed by atoms with van der Waals surface area (Å²) in [6.45, 7) is 5.59. The molecule has 1 aromatic carbocycles. The molecule has 23 heavy (non-hydrogen) atoms. The molecule has 1 aromatic rings. The second-order valence-corrected chi connectivity index (χ2v) is 6.86. The van der Waals surface area contributed by atoms with Gasteiger partial charge in [0.05, 0.1) is 19.2 Å². The number of carbonyl (C=O) groups excluding carboxylic acids is 1. The van der Waals surface area contributed by atoms with Crippen molar-refractivity contribution < 1.29 is 9.53 Å². The highest BCUT2D eigenvalue weighted by Gasteiger charge is 2.30. The van der Waals surface area contributed by atoms with E-state index in [-0.39, 0.29) is 12.1 Å². The molecule has 0 bridgehead atoms. The number of piperidine rings is 1. The van der Waals surface area contributed by atoms with Gasteiger partial charge >= 0.3 is 0 Å². The van der Waals surface area contributed by atoms with E-state index in [0.717, 1.165) is 25.1 Å². The first-order chi connectivity index (χ1) is 11.2. The summed E-state index contributed by atoms with van der Waals surface area (Å²) >= 11 is 0. The molecule has 2 aliphatic rings. The van der Waals surface area contributed by atoms with Crippen LogP contribution in [0.25, 0.3) is 0 Å². The van der Waals surface area contributed by atoms with Gasteiger partial charge in [-0.15, -0.1) is 0 Å². The van der Waals surface area contributed by atoms with E-state index in [2.05, 4.69) is 24.4 Å². The van der Waals surface area contributed by atoms with E-state index in [9.17, 15) is 4.79 Å². The van der Waals surface area contributed by atoms with Crippen LogP contribution in [0.2, 0.25) is 0 Å². The van der Waals surface area contributed by atoms with Crippen molar-refractivity contribution in [2.24, 2.45) is 5.92 Å². The Bertz CT molecular complexity index is 499. The summed E-state index contributed by atoms with van der Waals surface area (Å²) in [5.74, 6) is 1.00. The number of hydrogen-bond acceptors (Lipinski definition) is 3. The molecule has 0 aromatic heterocycles. The first-order valence-corrected chi connectivity index (χ1v) is 8.91. The second-order valence-electron chi connectivity index (χ2n) is 6.86. The Balaban J connectivity index is 1.55. The molecule has 2 aliphatic heterocycles. The van der Waals surface area contributed by atoms with E-state index in [1.165, 1.54) is 12.8 Å². The molecule has 0 spiro atoms. The van der Waals surface area contributed by atoms with Gasteiger partial charge in [-0.2, -0.15) is 0 Å². The molecule has 2 unspecified atom stereocenters. The zero-order chi connectivity index (χ0) is 16.1. The van der Waals surface area contributed by atoms with Gasteiger partial charge in [0.25, 0.3) is 0 Å². The van der Waals surface area contributed by atoms with E-state index < -0.39 is 0 Å². The molecular formula is C19H28N2O2. The molecule has 2 atom stereocenters. The molecule has 126 valence electrons. The molecule has 4 nitrogen and oxygen atoms in total. The lowest BCUT2D eigenvalue weighted by molar-refractivity contribution is -0.144. The molecule has 1 amide bonds. The molecule has 1 N–H and O–H groups in total. The number of benzene rings is 1. The van der Waals surface area contributed by atoms with Gasteiger partial charge in [0.15, 0.2) is 0 Å². The molecule has 2 saturated heterocycles. The Morgan fingerprint density at radius 2 is 2.00 bits per heavy atom. The highest BCUT2D eigenvalue weighted by Crippen LogP contribution is 2.26. The number of rotatable bonds is 4. The quantitative estimate of drug-likeness (QED) is 0.929. The predicted octanol–water partition coefficient (Wildman–Crippen LogP) is 2.75. The van der Waals surface area contributed by atoms with E-state index >= 15 is 0 Å². The minimum atomic E-state index is 0.00947. The van der Waals surface area contributed by atoms with Crippen LogP contribution in [0.3, 0.4) is 0 Å². The minimum Gasteiger partial charge on any atom is -0.370 e. The lowest BCUT2D eigenvalue weighted by Gasteiger charge is -2.38. The summed E-state index contributed by atoms with van der Waals surface area (Å²) in [7, 11) is 0. The lowest BCUT2D eigenvalue weighted by atomic mass is 9.93. The first-order valence-electron chi connectivity index (χ1n) is 8.91. The van der Waals surface area contributed by atoms with Crippen molar-refractivity contribution in [1.29, 1.82) is 0 Å². The molecular weight excluding hydrogens is 288 g/mol. The fourth-order valence-electron chi connectivity index (χ4n) is 3.62. The molecule has 2 fully saturated rings. The predicted molar refractivity (Wildman–Crippen MR) is 91.1 cm³/mol. The monoisotopic (exact) mass is 316 g/mol. The maximum Gasteiger partial charge on any atom is 0.222 e. The zero-order valence-electron chi connectivity index (χ0n) is 14.0. The largest absolute Gasteiger partial charge is 0.370 e. The van der Waals surface area contributed by atoms with Crippen molar-refractivity contribution in [3.05, 3.63) is 35.9 Å². The Labute approximate surface area is 139 Å². The van der Waals surface area contributed by atoms with Gasteiger partial charge in [0.1, 0.15) is 6.10 Å². The maximum absolute atomic E-state index is 12.7. The molecule has 0 aliphatic carbocycles. The summed E-state index contributed by atoms with van der Waals surface area (Å²) < 4.78 is 5.95. The van der Waals surface area contributed by atoms with Crippen LogP contribution < -0.4 is 5.32 Å². The van der Waals surface area contributed by atoms with Crippen LogP contribution in [0.4, 0.5) is 0 Å². The average molecular weight is 316 g/mol. The van der Waals surface area contributed by atoms with E-state index in [4.69, 9.17) is 4.74 Å². The number of amides is 1. The summed E-state index contributed by atoms with van der Waals surface area (Å²) in [6, 6.07) is 10.4. The second kappa shape index (κ2) is 7.93. The zero-order valence-corrected chi connectivity index (χ0v) is 14.0. The summed E-state index contributed by atoms with van der Waals surface area (Å²) in [6.07, 6.45) is 4.13. The standard InChI is InChI=1S/C19H28N2O2/c1-15-14-23-18(17-5-3-2-4-6-17)13-21(15)19(22)8-7-16-9-11-20-12-10-16/h2-6,15-16,18,20H,7-14H2,1H3. The average Bonchev–Trinajstić information content (AvgIpc) is 2.62. The van der Waals surface area contributed by atoms with Crippen LogP contribution in [0.15, 0.2) is 30.3 Å². The topological polar surface area (TPSA) is 41.6 Å². The van der Waals surface area contributed by atoms with Crippen molar-refractivity contribution >= 4 is 5.91 Å².